The summed E-state index contributed by atoms with van der Waals surface area (Å²) in [5, 5.41) is 0. The minimum absolute atomic E-state index is 0.151. The van der Waals surface area contributed by atoms with Crippen molar-refractivity contribution in [3.8, 4) is 5.75 Å². The van der Waals surface area contributed by atoms with Crippen LogP contribution in [0, 0.1) is 5.92 Å². The molecule has 1 aliphatic carbocycles. The summed E-state index contributed by atoms with van der Waals surface area (Å²) < 4.78 is 5.38. The summed E-state index contributed by atoms with van der Waals surface area (Å²) in [6.45, 7) is 7.48. The maximum Gasteiger partial charge on any atom is 0.254 e. The number of carbonyl (C=O) groups is 1. The predicted octanol–water partition coefficient (Wildman–Crippen LogP) is 6.37. The van der Waals surface area contributed by atoms with Crippen LogP contribution in [0.25, 0.3) is 0 Å². The number of ether oxygens (including phenoxy) is 1. The molecule has 2 aromatic carbocycles. The molecule has 34 heavy (non-hydrogen) atoms. The number of nitrogens with zero attached hydrogens (tertiary/aromatic N) is 2. The largest absolute Gasteiger partial charge is 0.497 e. The van der Waals surface area contributed by atoms with Gasteiger partial charge in [-0.1, -0.05) is 63.1 Å². The van der Waals surface area contributed by atoms with Gasteiger partial charge in [0, 0.05) is 37.3 Å². The Morgan fingerprint density at radius 3 is 2.44 bits per heavy atom. The molecule has 1 aliphatic heterocycles. The van der Waals surface area contributed by atoms with Gasteiger partial charge < -0.3 is 9.64 Å². The molecule has 2 aromatic rings. The highest BCUT2D eigenvalue weighted by atomic mass is 16.5. The Morgan fingerprint density at radius 2 is 1.74 bits per heavy atom. The molecule has 4 rings (SSSR count). The zero-order chi connectivity index (χ0) is 23.9. The predicted molar refractivity (Wildman–Crippen MR) is 140 cm³/mol. The van der Waals surface area contributed by atoms with Gasteiger partial charge in [0.2, 0.25) is 0 Å². The Kier molecular flexibility index (Phi) is 8.66. The Hall–Kier alpha value is -2.33. The molecule has 0 bridgehead atoms. The van der Waals surface area contributed by atoms with Crippen molar-refractivity contribution in [3.05, 3.63) is 65.7 Å². The summed E-state index contributed by atoms with van der Waals surface area (Å²) in [6, 6.07) is 19.7. The Balaban J connectivity index is 1.45. The Labute approximate surface area is 206 Å². The van der Waals surface area contributed by atoms with Gasteiger partial charge in [-0.2, -0.15) is 0 Å². The van der Waals surface area contributed by atoms with Gasteiger partial charge in [0.25, 0.3) is 5.91 Å². The maximum atomic E-state index is 13.6. The quantitative estimate of drug-likeness (QED) is 0.457. The molecule has 0 radical (unpaired) electrons. The van der Waals surface area contributed by atoms with E-state index in [2.05, 4.69) is 54.0 Å². The molecule has 1 saturated heterocycles. The normalized spacial score (nSPS) is 22.0. The smallest absolute Gasteiger partial charge is 0.254 e. The number of likely N-dealkylation sites (tertiary alicyclic amines) is 1. The molecule has 0 aromatic heterocycles. The highest BCUT2D eigenvalue weighted by Crippen LogP contribution is 2.37. The van der Waals surface area contributed by atoms with Gasteiger partial charge in [0.15, 0.2) is 0 Å². The molecular formula is C30H42N2O2. The van der Waals surface area contributed by atoms with Crippen LogP contribution in [0.1, 0.15) is 80.6 Å². The van der Waals surface area contributed by atoms with E-state index < -0.39 is 0 Å². The molecule has 1 saturated carbocycles. The molecule has 1 heterocycles. The molecule has 0 spiro atoms. The van der Waals surface area contributed by atoms with Gasteiger partial charge in [-0.15, -0.1) is 0 Å². The van der Waals surface area contributed by atoms with Gasteiger partial charge in [-0.3, -0.25) is 9.69 Å². The minimum Gasteiger partial charge on any atom is -0.497 e. The highest BCUT2D eigenvalue weighted by Gasteiger charge is 2.35. The number of methoxy groups -OCH3 is 1. The van der Waals surface area contributed by atoms with Crippen LogP contribution >= 0.6 is 0 Å². The van der Waals surface area contributed by atoms with E-state index >= 15 is 0 Å². The van der Waals surface area contributed by atoms with Crippen molar-refractivity contribution in [2.45, 2.75) is 76.8 Å². The van der Waals surface area contributed by atoms with Crippen LogP contribution in [0.5, 0.6) is 5.75 Å². The van der Waals surface area contributed by atoms with Gasteiger partial charge in [0.1, 0.15) is 5.75 Å². The summed E-state index contributed by atoms with van der Waals surface area (Å²) in [5.41, 5.74) is 2.24. The van der Waals surface area contributed by atoms with Crippen molar-refractivity contribution >= 4 is 5.91 Å². The van der Waals surface area contributed by atoms with E-state index in [9.17, 15) is 4.79 Å². The number of hydrogen-bond donors (Lipinski definition) is 0. The fraction of sp³-hybridized carbons (Fsp3) is 0.567. The Morgan fingerprint density at radius 1 is 1.00 bits per heavy atom. The molecule has 2 aliphatic rings. The lowest BCUT2D eigenvalue weighted by Crippen LogP contribution is -2.51. The van der Waals surface area contributed by atoms with Crippen molar-refractivity contribution < 1.29 is 9.53 Å². The second-order valence-electron chi connectivity index (χ2n) is 10.5. The van der Waals surface area contributed by atoms with E-state index in [4.69, 9.17) is 4.74 Å². The fourth-order valence-electron chi connectivity index (χ4n) is 5.94. The summed E-state index contributed by atoms with van der Waals surface area (Å²) in [4.78, 5) is 18.5. The first kappa shape index (κ1) is 24.8. The fourth-order valence-corrected chi connectivity index (χ4v) is 5.94. The zero-order valence-electron chi connectivity index (χ0n) is 21.3. The first-order valence-electron chi connectivity index (χ1n) is 13.3. The van der Waals surface area contributed by atoms with Crippen molar-refractivity contribution in [3.63, 3.8) is 0 Å². The SMILES string of the molecule is COc1cccc(C(=O)N(CCC(C)C)C2CCN([C@@H]3CCCC[C@@H]3c3ccccc3)CC2)c1. The van der Waals surface area contributed by atoms with Crippen LogP contribution in [0.15, 0.2) is 54.6 Å². The van der Waals surface area contributed by atoms with Crippen LogP contribution in [0.3, 0.4) is 0 Å². The van der Waals surface area contributed by atoms with Crippen molar-refractivity contribution in [1.82, 2.24) is 9.80 Å². The second-order valence-corrected chi connectivity index (χ2v) is 10.5. The molecule has 184 valence electrons. The molecule has 4 nitrogen and oxygen atoms in total. The minimum atomic E-state index is 0.151. The van der Waals surface area contributed by atoms with Gasteiger partial charge in [-0.05, 0) is 67.7 Å². The average molecular weight is 463 g/mol. The molecule has 0 N–H and O–H groups in total. The highest BCUT2D eigenvalue weighted by molar-refractivity contribution is 5.94. The molecule has 0 unspecified atom stereocenters. The summed E-state index contributed by atoms with van der Waals surface area (Å²) in [5.74, 6) is 2.11. The standard InChI is InChI=1S/C30H42N2O2/c1-23(2)16-21-32(30(33)25-12-9-13-27(22-25)34-3)26-17-19-31(20-18-26)29-15-8-7-14-28(29)24-10-5-4-6-11-24/h4-6,9-13,22-23,26,28-29H,7-8,14-21H2,1-3H3/t28-,29-/m1/s1. The molecule has 2 atom stereocenters. The van der Waals surface area contributed by atoms with E-state index in [-0.39, 0.29) is 5.91 Å². The number of hydrogen-bond acceptors (Lipinski definition) is 3. The lowest BCUT2D eigenvalue weighted by atomic mass is 9.78. The van der Waals surface area contributed by atoms with Crippen LogP contribution in [-0.4, -0.2) is 54.5 Å². The lowest BCUT2D eigenvalue weighted by molar-refractivity contribution is 0.0443. The average Bonchev–Trinajstić information content (AvgIpc) is 2.89. The van der Waals surface area contributed by atoms with Gasteiger partial charge in [-0.25, -0.2) is 0 Å². The third-order valence-electron chi connectivity index (χ3n) is 7.89. The number of carbonyl (C=O) groups excluding carboxylic acids is 1. The molecule has 4 heteroatoms. The first-order valence-corrected chi connectivity index (χ1v) is 13.3. The molecule has 1 amide bonds. The van der Waals surface area contributed by atoms with Crippen molar-refractivity contribution in [2.24, 2.45) is 5.92 Å². The van der Waals surface area contributed by atoms with E-state index in [1.807, 2.05) is 24.3 Å². The second kappa shape index (κ2) is 11.9. The van der Waals surface area contributed by atoms with E-state index in [0.29, 0.717) is 23.9 Å². The van der Waals surface area contributed by atoms with Gasteiger partial charge >= 0.3 is 0 Å². The molecular weight excluding hydrogens is 420 g/mol. The zero-order valence-corrected chi connectivity index (χ0v) is 21.3. The third-order valence-corrected chi connectivity index (χ3v) is 7.89. The summed E-state index contributed by atoms with van der Waals surface area (Å²) >= 11 is 0. The van der Waals surface area contributed by atoms with E-state index in [1.165, 1.54) is 31.2 Å². The monoisotopic (exact) mass is 462 g/mol. The van der Waals surface area contributed by atoms with Crippen molar-refractivity contribution in [1.29, 1.82) is 0 Å². The van der Waals surface area contributed by atoms with Crippen LogP contribution in [0.4, 0.5) is 0 Å². The van der Waals surface area contributed by atoms with E-state index in [0.717, 1.165) is 50.2 Å². The summed E-state index contributed by atoms with van der Waals surface area (Å²) in [6.07, 6.45) is 8.42. The van der Waals surface area contributed by atoms with E-state index in [1.54, 1.807) is 7.11 Å². The van der Waals surface area contributed by atoms with Crippen LogP contribution < -0.4 is 4.74 Å². The number of benzene rings is 2. The summed E-state index contributed by atoms with van der Waals surface area (Å²) in [7, 11) is 1.66. The number of amides is 1. The van der Waals surface area contributed by atoms with Crippen LogP contribution in [-0.2, 0) is 0 Å². The van der Waals surface area contributed by atoms with Gasteiger partial charge in [0.05, 0.1) is 7.11 Å². The number of rotatable bonds is 8. The first-order chi connectivity index (χ1) is 16.6. The maximum absolute atomic E-state index is 13.6. The Bertz CT molecular complexity index is 905. The topological polar surface area (TPSA) is 32.8 Å². The van der Waals surface area contributed by atoms with Crippen molar-refractivity contribution in [2.75, 3.05) is 26.7 Å². The number of piperidine rings is 1. The third kappa shape index (κ3) is 6.02. The van der Waals surface area contributed by atoms with Crippen LogP contribution in [0.2, 0.25) is 0 Å². The molecule has 2 fully saturated rings. The lowest BCUT2D eigenvalue weighted by Gasteiger charge is -2.45.